The fraction of sp³-hybridized carbons (Fsp3) is 0.650. The Morgan fingerprint density at radius 3 is 2.72 bits per heavy atom. The van der Waals surface area contributed by atoms with Crippen LogP contribution >= 0.6 is 0 Å². The lowest BCUT2D eigenvalue weighted by Gasteiger charge is -2.51. The first-order chi connectivity index (χ1) is 11.8. The first-order valence-corrected chi connectivity index (χ1v) is 9.22. The van der Waals surface area contributed by atoms with Crippen LogP contribution in [0.15, 0.2) is 18.2 Å². The molecule has 25 heavy (non-hydrogen) atoms. The Morgan fingerprint density at radius 1 is 1.24 bits per heavy atom. The van der Waals surface area contributed by atoms with E-state index in [2.05, 4.69) is 6.92 Å². The quantitative estimate of drug-likeness (QED) is 0.660. The number of aliphatic hydroxyl groups is 2. The summed E-state index contributed by atoms with van der Waals surface area (Å²) in [5, 5.41) is 40.0. The van der Waals surface area contributed by atoms with E-state index in [1.54, 1.807) is 12.1 Å². The number of carbonyl (C=O) groups is 1. The van der Waals surface area contributed by atoms with Crippen molar-refractivity contribution in [2.45, 2.75) is 63.1 Å². The van der Waals surface area contributed by atoms with Crippen LogP contribution in [0.3, 0.4) is 0 Å². The van der Waals surface area contributed by atoms with E-state index in [1.807, 2.05) is 6.07 Å². The van der Waals surface area contributed by atoms with Gasteiger partial charge in [-0.3, -0.25) is 4.79 Å². The first-order valence-electron chi connectivity index (χ1n) is 9.22. The van der Waals surface area contributed by atoms with Crippen LogP contribution in [0.4, 0.5) is 0 Å². The Bertz CT molecular complexity index is 701. The molecule has 4 rings (SSSR count). The summed E-state index contributed by atoms with van der Waals surface area (Å²) in [7, 11) is 0. The van der Waals surface area contributed by atoms with Crippen LogP contribution in [0.1, 0.15) is 62.0 Å². The van der Waals surface area contributed by atoms with Crippen LogP contribution in [0.5, 0.6) is 5.75 Å². The van der Waals surface area contributed by atoms with Crippen LogP contribution in [0.25, 0.3) is 0 Å². The van der Waals surface area contributed by atoms with Crippen molar-refractivity contribution >= 4 is 5.97 Å². The highest BCUT2D eigenvalue weighted by molar-refractivity contribution is 5.68. The molecular formula is C20H26O5. The average Bonchev–Trinajstić information content (AvgIpc) is 2.78. The number of fused-ring (bicyclic) bond motifs is 5. The van der Waals surface area contributed by atoms with Crippen LogP contribution in [-0.2, 0) is 4.79 Å². The summed E-state index contributed by atoms with van der Waals surface area (Å²) in [5.41, 5.74) is 1.83. The number of carboxylic acid groups (broad SMARTS) is 1. The van der Waals surface area contributed by atoms with Crippen molar-refractivity contribution in [1.82, 2.24) is 0 Å². The molecule has 5 nitrogen and oxygen atoms in total. The van der Waals surface area contributed by atoms with Gasteiger partial charge in [-0.25, -0.2) is 0 Å². The fourth-order valence-corrected chi connectivity index (χ4v) is 6.10. The third-order valence-corrected chi connectivity index (χ3v) is 7.30. The summed E-state index contributed by atoms with van der Waals surface area (Å²) < 4.78 is 0. The van der Waals surface area contributed by atoms with Gasteiger partial charge in [0.05, 0.1) is 18.6 Å². The van der Waals surface area contributed by atoms with Gasteiger partial charge in [0.25, 0.3) is 0 Å². The third kappa shape index (κ3) is 2.48. The molecule has 0 bridgehead atoms. The van der Waals surface area contributed by atoms with Gasteiger partial charge in [0, 0.05) is 0 Å². The second kappa shape index (κ2) is 5.71. The molecule has 0 unspecified atom stereocenters. The van der Waals surface area contributed by atoms with Crippen molar-refractivity contribution in [3.63, 3.8) is 0 Å². The molecule has 7 atom stereocenters. The fourth-order valence-electron chi connectivity index (χ4n) is 6.10. The minimum atomic E-state index is -0.831. The van der Waals surface area contributed by atoms with E-state index in [0.717, 1.165) is 30.4 Å². The zero-order valence-electron chi connectivity index (χ0n) is 14.4. The number of hydrogen-bond donors (Lipinski definition) is 4. The molecule has 2 fully saturated rings. The number of aliphatic hydroxyl groups excluding tert-OH is 2. The van der Waals surface area contributed by atoms with Crippen molar-refractivity contribution in [3.05, 3.63) is 29.3 Å². The third-order valence-electron chi connectivity index (χ3n) is 7.30. The van der Waals surface area contributed by atoms with Crippen LogP contribution in [-0.4, -0.2) is 38.6 Å². The van der Waals surface area contributed by atoms with Crippen molar-refractivity contribution < 1.29 is 25.2 Å². The molecule has 3 aliphatic carbocycles. The Labute approximate surface area is 147 Å². The normalized spacial score (nSPS) is 42.4. The monoisotopic (exact) mass is 346 g/mol. The Hall–Kier alpha value is -1.59. The number of hydrogen-bond acceptors (Lipinski definition) is 4. The molecule has 2 saturated carbocycles. The van der Waals surface area contributed by atoms with Crippen molar-refractivity contribution in [2.24, 2.45) is 17.3 Å². The first kappa shape index (κ1) is 16.9. The summed E-state index contributed by atoms with van der Waals surface area (Å²) in [6, 6.07) is 5.36. The highest BCUT2D eigenvalue weighted by Gasteiger charge is 2.58. The number of benzene rings is 1. The number of rotatable bonds is 2. The molecule has 3 aliphatic rings. The van der Waals surface area contributed by atoms with Crippen molar-refractivity contribution in [3.8, 4) is 5.75 Å². The van der Waals surface area contributed by atoms with Gasteiger partial charge in [-0.15, -0.1) is 0 Å². The van der Waals surface area contributed by atoms with Gasteiger partial charge in [-0.2, -0.15) is 0 Å². The number of aliphatic carboxylic acids is 1. The van der Waals surface area contributed by atoms with E-state index in [9.17, 15) is 25.2 Å². The van der Waals surface area contributed by atoms with E-state index in [0.29, 0.717) is 12.3 Å². The molecule has 1 aromatic carbocycles. The summed E-state index contributed by atoms with van der Waals surface area (Å²) in [6.45, 7) is 2.08. The maximum atomic E-state index is 11.4. The molecule has 0 spiro atoms. The zero-order valence-corrected chi connectivity index (χ0v) is 14.4. The highest BCUT2D eigenvalue weighted by Crippen LogP contribution is 2.62. The van der Waals surface area contributed by atoms with Gasteiger partial charge in [0.15, 0.2) is 0 Å². The maximum Gasteiger partial charge on any atom is 0.303 e. The average molecular weight is 346 g/mol. The molecule has 0 radical (unpaired) electrons. The molecule has 0 aliphatic heterocycles. The van der Waals surface area contributed by atoms with Gasteiger partial charge in [0.1, 0.15) is 5.75 Å². The molecule has 0 amide bonds. The van der Waals surface area contributed by atoms with Gasteiger partial charge in [-0.1, -0.05) is 13.0 Å². The van der Waals surface area contributed by atoms with E-state index in [-0.39, 0.29) is 35.3 Å². The highest BCUT2D eigenvalue weighted by atomic mass is 16.4. The van der Waals surface area contributed by atoms with E-state index in [4.69, 9.17) is 0 Å². The van der Waals surface area contributed by atoms with Gasteiger partial charge < -0.3 is 20.4 Å². The van der Waals surface area contributed by atoms with Crippen molar-refractivity contribution in [2.75, 3.05) is 0 Å². The van der Waals surface area contributed by atoms with Crippen LogP contribution in [0.2, 0.25) is 0 Å². The molecule has 5 heteroatoms. The molecule has 4 N–H and O–H groups in total. The molecule has 0 aromatic heterocycles. The standard InChI is InChI=1S/C20H26O5/c1-20-5-4-13-12-3-2-11(21)8-14(12)10(7-18(23)24)6-15(13)16(20)9-17(22)19(20)25/h2-3,8,10,13,15-17,19,21-22,25H,4-7,9H2,1H3,(H,23,24)/t10-,13+,15+,16-,17+,19-,20-/m0/s1. The Kier molecular flexibility index (Phi) is 3.85. The lowest BCUT2D eigenvalue weighted by molar-refractivity contribution is -0.137. The van der Waals surface area contributed by atoms with E-state index in [1.165, 1.54) is 0 Å². The number of phenols is 1. The molecule has 0 heterocycles. The SMILES string of the molecule is C[C@]12CC[C@@H]3c4ccc(O)cc4[C@H](CC(=O)O)C[C@H]3[C@@H]1C[C@@H](O)[C@@H]2O. The lowest BCUT2D eigenvalue weighted by Crippen LogP contribution is -2.45. The van der Waals surface area contributed by atoms with Crippen LogP contribution < -0.4 is 0 Å². The van der Waals surface area contributed by atoms with Gasteiger partial charge in [0.2, 0.25) is 0 Å². The predicted octanol–water partition coefficient (Wildman–Crippen LogP) is 2.60. The summed E-state index contributed by atoms with van der Waals surface area (Å²) in [5.74, 6) is 0.0125. The number of carboxylic acids is 1. The second-order valence-electron chi connectivity index (χ2n) is 8.51. The second-order valence-corrected chi connectivity index (χ2v) is 8.51. The zero-order chi connectivity index (χ0) is 17.9. The predicted molar refractivity (Wildman–Crippen MR) is 91.4 cm³/mol. The Balaban J connectivity index is 1.75. The minimum absolute atomic E-state index is 0.0498. The smallest absolute Gasteiger partial charge is 0.303 e. The number of aromatic hydroxyl groups is 1. The molecule has 136 valence electrons. The topological polar surface area (TPSA) is 98.0 Å². The Morgan fingerprint density at radius 2 is 2.00 bits per heavy atom. The largest absolute Gasteiger partial charge is 0.508 e. The van der Waals surface area contributed by atoms with Crippen molar-refractivity contribution in [1.29, 1.82) is 0 Å². The molecule has 1 aromatic rings. The minimum Gasteiger partial charge on any atom is -0.508 e. The molecular weight excluding hydrogens is 320 g/mol. The number of phenolic OH excluding ortho intramolecular Hbond substituents is 1. The summed E-state index contributed by atoms with van der Waals surface area (Å²) in [6.07, 6.45) is 1.79. The van der Waals surface area contributed by atoms with Gasteiger partial charge >= 0.3 is 5.97 Å². The summed E-state index contributed by atoms with van der Waals surface area (Å²) >= 11 is 0. The van der Waals surface area contributed by atoms with E-state index < -0.39 is 18.2 Å². The maximum absolute atomic E-state index is 11.4. The van der Waals surface area contributed by atoms with Crippen LogP contribution in [0, 0.1) is 17.3 Å². The molecule has 0 saturated heterocycles. The lowest BCUT2D eigenvalue weighted by atomic mass is 9.53. The van der Waals surface area contributed by atoms with E-state index >= 15 is 0 Å². The van der Waals surface area contributed by atoms with Gasteiger partial charge in [-0.05, 0) is 78.0 Å². The summed E-state index contributed by atoms with van der Waals surface area (Å²) in [4.78, 5) is 11.4.